The van der Waals surface area contributed by atoms with Crippen molar-refractivity contribution in [3.63, 3.8) is 0 Å². The van der Waals surface area contributed by atoms with E-state index in [4.69, 9.17) is 4.52 Å². The predicted octanol–water partition coefficient (Wildman–Crippen LogP) is 3.97. The lowest BCUT2D eigenvalue weighted by Crippen LogP contribution is -2.45. The number of carbonyl (C=O) groups excluding carboxylic acids is 1. The molecule has 1 aromatic carbocycles. The molecule has 4 rings (SSSR count). The molecular weight excluding hydrogens is 346 g/mol. The molecule has 134 valence electrons. The minimum Gasteiger partial charge on any atom is -0.355 e. The van der Waals surface area contributed by atoms with Crippen molar-refractivity contribution in [2.24, 2.45) is 0 Å². The van der Waals surface area contributed by atoms with Crippen molar-refractivity contribution in [1.29, 1.82) is 0 Å². The van der Waals surface area contributed by atoms with E-state index in [2.05, 4.69) is 39.7 Å². The summed E-state index contributed by atoms with van der Waals surface area (Å²) < 4.78 is 5.25. The zero-order valence-electron chi connectivity index (χ0n) is 14.5. The smallest absolute Gasteiger partial charge is 0.227 e. The zero-order chi connectivity index (χ0) is 17.8. The standard InChI is InChI=1S/C20H21N3O2S/c24-17(9-10-18-22-19(23-25-18)16-8-4-13-26-16)21-14-20(11-5-12-20)15-6-2-1-3-7-15/h1-4,6-8,13H,5,9-12,14H2,(H,21,24). The molecule has 0 saturated heterocycles. The number of carbonyl (C=O) groups is 1. The normalized spacial score (nSPS) is 15.4. The molecule has 0 atom stereocenters. The van der Waals surface area contributed by atoms with Gasteiger partial charge in [0.15, 0.2) is 0 Å². The Kier molecular flexibility index (Phi) is 4.84. The predicted molar refractivity (Wildman–Crippen MR) is 101 cm³/mol. The lowest BCUT2D eigenvalue weighted by atomic mass is 9.64. The molecule has 1 fully saturated rings. The van der Waals surface area contributed by atoms with Crippen LogP contribution < -0.4 is 5.32 Å². The molecule has 6 heteroatoms. The van der Waals surface area contributed by atoms with Crippen molar-refractivity contribution < 1.29 is 9.32 Å². The first-order chi connectivity index (χ1) is 12.8. The van der Waals surface area contributed by atoms with Gasteiger partial charge in [-0.3, -0.25) is 4.79 Å². The van der Waals surface area contributed by atoms with E-state index >= 15 is 0 Å². The molecular formula is C20H21N3O2S. The molecule has 2 aromatic heterocycles. The summed E-state index contributed by atoms with van der Waals surface area (Å²) in [5.74, 6) is 1.13. The summed E-state index contributed by atoms with van der Waals surface area (Å²) in [6, 6.07) is 14.4. The van der Waals surface area contributed by atoms with Crippen LogP contribution in [-0.4, -0.2) is 22.6 Å². The van der Waals surface area contributed by atoms with Gasteiger partial charge in [0.25, 0.3) is 0 Å². The topological polar surface area (TPSA) is 68.0 Å². The summed E-state index contributed by atoms with van der Waals surface area (Å²) in [4.78, 5) is 17.6. The Morgan fingerprint density at radius 1 is 1.19 bits per heavy atom. The van der Waals surface area contributed by atoms with Gasteiger partial charge in [0.05, 0.1) is 4.88 Å². The number of amides is 1. The zero-order valence-corrected chi connectivity index (χ0v) is 15.3. The number of aryl methyl sites for hydroxylation is 1. The van der Waals surface area contributed by atoms with E-state index in [1.54, 1.807) is 11.3 Å². The van der Waals surface area contributed by atoms with Crippen LogP contribution in [0.4, 0.5) is 0 Å². The fraction of sp³-hybridized carbons (Fsp3) is 0.350. The molecule has 1 aliphatic rings. The van der Waals surface area contributed by atoms with Crippen molar-refractivity contribution in [3.8, 4) is 10.7 Å². The van der Waals surface area contributed by atoms with Crippen LogP contribution >= 0.6 is 11.3 Å². The molecule has 1 amide bonds. The number of hydrogen-bond acceptors (Lipinski definition) is 5. The first kappa shape index (κ1) is 17.0. The maximum Gasteiger partial charge on any atom is 0.227 e. The molecule has 0 bridgehead atoms. The van der Waals surface area contributed by atoms with Gasteiger partial charge in [0, 0.05) is 24.8 Å². The lowest BCUT2D eigenvalue weighted by molar-refractivity contribution is -0.121. The molecule has 3 aromatic rings. The van der Waals surface area contributed by atoms with E-state index in [9.17, 15) is 4.79 Å². The number of nitrogens with zero attached hydrogens (tertiary/aromatic N) is 2. The number of aromatic nitrogens is 2. The van der Waals surface area contributed by atoms with Gasteiger partial charge in [-0.15, -0.1) is 11.3 Å². The fourth-order valence-corrected chi connectivity index (χ4v) is 4.05. The van der Waals surface area contributed by atoms with E-state index in [0.29, 0.717) is 31.1 Å². The van der Waals surface area contributed by atoms with Gasteiger partial charge < -0.3 is 9.84 Å². The van der Waals surface area contributed by atoms with Gasteiger partial charge in [-0.2, -0.15) is 4.98 Å². The fourth-order valence-electron chi connectivity index (χ4n) is 3.40. The SMILES string of the molecule is O=C(CCc1nc(-c2cccs2)no1)NCC1(c2ccccc2)CCC1. The molecule has 2 heterocycles. The van der Waals surface area contributed by atoms with Gasteiger partial charge in [-0.1, -0.05) is 48.0 Å². The highest BCUT2D eigenvalue weighted by Crippen LogP contribution is 2.43. The summed E-state index contributed by atoms with van der Waals surface area (Å²) in [7, 11) is 0. The second-order valence-corrected chi connectivity index (χ2v) is 7.71. The van der Waals surface area contributed by atoms with Crippen LogP contribution in [0.25, 0.3) is 10.7 Å². The van der Waals surface area contributed by atoms with Crippen LogP contribution in [0.3, 0.4) is 0 Å². The van der Waals surface area contributed by atoms with Crippen LogP contribution in [0.1, 0.15) is 37.1 Å². The van der Waals surface area contributed by atoms with Crippen LogP contribution in [0.2, 0.25) is 0 Å². The highest BCUT2D eigenvalue weighted by Gasteiger charge is 2.38. The minimum atomic E-state index is 0.0306. The quantitative estimate of drug-likeness (QED) is 0.686. The van der Waals surface area contributed by atoms with E-state index in [1.807, 2.05) is 23.6 Å². The van der Waals surface area contributed by atoms with Crippen LogP contribution in [0.15, 0.2) is 52.4 Å². The second-order valence-electron chi connectivity index (χ2n) is 6.77. The Hall–Kier alpha value is -2.47. The Morgan fingerprint density at radius 3 is 2.73 bits per heavy atom. The highest BCUT2D eigenvalue weighted by atomic mass is 32.1. The van der Waals surface area contributed by atoms with Gasteiger partial charge in [0.2, 0.25) is 17.6 Å². The molecule has 1 N–H and O–H groups in total. The maximum atomic E-state index is 12.3. The molecule has 0 aliphatic heterocycles. The molecule has 1 aliphatic carbocycles. The maximum absolute atomic E-state index is 12.3. The van der Waals surface area contributed by atoms with E-state index in [1.165, 1.54) is 12.0 Å². The van der Waals surface area contributed by atoms with Crippen molar-refractivity contribution in [3.05, 3.63) is 59.3 Å². The highest BCUT2D eigenvalue weighted by molar-refractivity contribution is 7.13. The van der Waals surface area contributed by atoms with Crippen LogP contribution in [-0.2, 0) is 16.6 Å². The van der Waals surface area contributed by atoms with Crippen molar-refractivity contribution in [2.45, 2.75) is 37.5 Å². The van der Waals surface area contributed by atoms with Crippen LogP contribution in [0.5, 0.6) is 0 Å². The molecule has 0 unspecified atom stereocenters. The monoisotopic (exact) mass is 367 g/mol. The summed E-state index contributed by atoms with van der Waals surface area (Å²) in [6.07, 6.45) is 4.30. The third kappa shape index (κ3) is 3.55. The Morgan fingerprint density at radius 2 is 2.04 bits per heavy atom. The molecule has 0 radical (unpaired) electrons. The molecule has 5 nitrogen and oxygen atoms in total. The molecule has 1 saturated carbocycles. The first-order valence-electron chi connectivity index (χ1n) is 8.94. The third-order valence-electron chi connectivity index (χ3n) is 5.10. The van der Waals surface area contributed by atoms with Crippen molar-refractivity contribution in [2.75, 3.05) is 6.54 Å². The second kappa shape index (κ2) is 7.41. The largest absolute Gasteiger partial charge is 0.355 e. The Labute approximate surface area is 156 Å². The van der Waals surface area contributed by atoms with Gasteiger partial charge in [-0.05, 0) is 29.9 Å². The Bertz CT molecular complexity index is 854. The Balaban J connectivity index is 1.29. The van der Waals surface area contributed by atoms with Crippen molar-refractivity contribution >= 4 is 17.2 Å². The first-order valence-corrected chi connectivity index (χ1v) is 9.82. The van der Waals surface area contributed by atoms with Gasteiger partial charge in [-0.25, -0.2) is 0 Å². The van der Waals surface area contributed by atoms with Crippen LogP contribution in [0, 0.1) is 0 Å². The number of rotatable bonds is 7. The van der Waals surface area contributed by atoms with Gasteiger partial charge in [0.1, 0.15) is 0 Å². The van der Waals surface area contributed by atoms with E-state index < -0.39 is 0 Å². The average molecular weight is 367 g/mol. The number of thiophene rings is 1. The summed E-state index contributed by atoms with van der Waals surface area (Å²) in [6.45, 7) is 0.695. The number of nitrogens with one attached hydrogen (secondary N) is 1. The summed E-state index contributed by atoms with van der Waals surface area (Å²) >= 11 is 1.57. The number of hydrogen-bond donors (Lipinski definition) is 1. The average Bonchev–Trinajstić information content (AvgIpc) is 3.31. The summed E-state index contributed by atoms with van der Waals surface area (Å²) in [5, 5.41) is 9.05. The van der Waals surface area contributed by atoms with E-state index in [0.717, 1.165) is 17.7 Å². The third-order valence-corrected chi connectivity index (χ3v) is 5.96. The summed E-state index contributed by atoms with van der Waals surface area (Å²) in [5.41, 5.74) is 1.43. The lowest BCUT2D eigenvalue weighted by Gasteiger charge is -2.42. The number of benzene rings is 1. The van der Waals surface area contributed by atoms with Crippen molar-refractivity contribution in [1.82, 2.24) is 15.5 Å². The molecule has 26 heavy (non-hydrogen) atoms. The minimum absolute atomic E-state index is 0.0306. The molecule has 0 spiro atoms. The van der Waals surface area contributed by atoms with Gasteiger partial charge >= 0.3 is 0 Å². The van der Waals surface area contributed by atoms with E-state index in [-0.39, 0.29) is 11.3 Å².